The van der Waals surface area contributed by atoms with Gasteiger partial charge >= 0.3 is 0 Å². The lowest BCUT2D eigenvalue weighted by molar-refractivity contribution is -0.385. The average Bonchev–Trinajstić information content (AvgIpc) is 2.38. The van der Waals surface area contributed by atoms with Crippen LogP contribution in [0.4, 0.5) is 11.5 Å². The van der Waals surface area contributed by atoms with Crippen molar-refractivity contribution < 1.29 is 9.72 Å². The van der Waals surface area contributed by atoms with E-state index in [0.29, 0.717) is 0 Å². The number of hydrogen-bond acceptors (Lipinski definition) is 5. The molecule has 0 fully saturated rings. The van der Waals surface area contributed by atoms with Crippen LogP contribution < -0.4 is 5.32 Å². The van der Waals surface area contributed by atoms with Gasteiger partial charge < -0.3 is 5.32 Å². The number of hydrogen-bond donors (Lipinski definition) is 1. The number of para-hydroxylation sites is 1. The van der Waals surface area contributed by atoms with E-state index in [-0.39, 0.29) is 22.2 Å². The van der Waals surface area contributed by atoms with E-state index in [2.05, 4.69) is 15.3 Å². The molecule has 0 spiro atoms. The van der Waals surface area contributed by atoms with E-state index in [1.165, 1.54) is 36.7 Å². The van der Waals surface area contributed by atoms with Crippen LogP contribution in [0.2, 0.25) is 5.15 Å². The molecule has 1 heterocycles. The van der Waals surface area contributed by atoms with E-state index in [0.717, 1.165) is 0 Å². The average molecular weight is 279 g/mol. The number of carbonyl (C=O) groups is 1. The van der Waals surface area contributed by atoms with E-state index < -0.39 is 10.8 Å². The molecule has 1 aromatic carbocycles. The molecule has 0 aliphatic heterocycles. The van der Waals surface area contributed by atoms with Crippen molar-refractivity contribution in [3.63, 3.8) is 0 Å². The second kappa shape index (κ2) is 5.40. The summed E-state index contributed by atoms with van der Waals surface area (Å²) in [6.07, 6.45) is 2.60. The van der Waals surface area contributed by atoms with Crippen molar-refractivity contribution in [1.29, 1.82) is 0 Å². The Kier molecular flexibility index (Phi) is 3.67. The lowest BCUT2D eigenvalue weighted by Gasteiger charge is -2.04. The van der Waals surface area contributed by atoms with Crippen LogP contribution in [-0.2, 0) is 0 Å². The second-order valence-corrected chi connectivity index (χ2v) is 3.84. The van der Waals surface area contributed by atoms with Gasteiger partial charge in [0.2, 0.25) is 0 Å². The van der Waals surface area contributed by atoms with Crippen molar-refractivity contribution in [1.82, 2.24) is 9.97 Å². The van der Waals surface area contributed by atoms with Gasteiger partial charge in [-0.3, -0.25) is 19.9 Å². The molecular weight excluding hydrogens is 272 g/mol. The van der Waals surface area contributed by atoms with Gasteiger partial charge in [0.05, 0.1) is 17.3 Å². The maximum absolute atomic E-state index is 11.9. The molecule has 1 N–H and O–H groups in total. The van der Waals surface area contributed by atoms with Crippen LogP contribution in [0.5, 0.6) is 0 Å². The first-order valence-electron chi connectivity index (χ1n) is 5.10. The molecule has 1 amide bonds. The zero-order valence-electron chi connectivity index (χ0n) is 9.41. The third-order valence-corrected chi connectivity index (χ3v) is 2.37. The largest absolute Gasteiger partial charge is 0.305 e. The second-order valence-electron chi connectivity index (χ2n) is 3.46. The molecule has 2 rings (SSSR count). The summed E-state index contributed by atoms with van der Waals surface area (Å²) in [6, 6.07) is 5.61. The number of carbonyl (C=O) groups excluding carboxylic acids is 1. The maximum Gasteiger partial charge on any atom is 0.282 e. The Morgan fingerprint density at radius 1 is 1.32 bits per heavy atom. The Hall–Kier alpha value is -2.54. The van der Waals surface area contributed by atoms with Crippen LogP contribution in [0, 0.1) is 10.1 Å². The number of anilines is 1. The van der Waals surface area contributed by atoms with Crippen molar-refractivity contribution >= 4 is 29.0 Å². The predicted octanol–water partition coefficient (Wildman–Crippen LogP) is 2.29. The van der Waals surface area contributed by atoms with Crippen LogP contribution in [0.3, 0.4) is 0 Å². The summed E-state index contributed by atoms with van der Waals surface area (Å²) in [4.78, 5) is 29.7. The number of nitrogens with zero attached hydrogens (tertiary/aromatic N) is 3. The minimum Gasteiger partial charge on any atom is -0.305 e. The molecule has 0 bridgehead atoms. The van der Waals surface area contributed by atoms with Gasteiger partial charge in [0.15, 0.2) is 5.82 Å². The molecule has 0 unspecified atom stereocenters. The Morgan fingerprint density at radius 3 is 2.74 bits per heavy atom. The molecular formula is C11H7ClN4O3. The molecule has 1 aromatic heterocycles. The predicted molar refractivity (Wildman–Crippen MR) is 68.1 cm³/mol. The van der Waals surface area contributed by atoms with E-state index in [1.54, 1.807) is 0 Å². The number of halogens is 1. The number of benzene rings is 1. The number of nitrogens with one attached hydrogen (secondary N) is 1. The van der Waals surface area contributed by atoms with Crippen molar-refractivity contribution in [3.8, 4) is 0 Å². The Morgan fingerprint density at radius 2 is 2.05 bits per heavy atom. The highest BCUT2D eigenvalue weighted by atomic mass is 35.5. The zero-order valence-corrected chi connectivity index (χ0v) is 10.2. The van der Waals surface area contributed by atoms with Crippen LogP contribution in [-0.4, -0.2) is 20.8 Å². The smallest absolute Gasteiger partial charge is 0.282 e. The summed E-state index contributed by atoms with van der Waals surface area (Å²) in [5, 5.41) is 13.3. The summed E-state index contributed by atoms with van der Waals surface area (Å²) in [5.41, 5.74) is -0.343. The quantitative estimate of drug-likeness (QED) is 0.686. The van der Waals surface area contributed by atoms with Crippen molar-refractivity contribution in [3.05, 3.63) is 57.5 Å². The molecule has 0 aliphatic carbocycles. The monoisotopic (exact) mass is 278 g/mol. The molecule has 0 saturated heterocycles. The Balaban J connectivity index is 2.28. The molecule has 0 atom stereocenters. The van der Waals surface area contributed by atoms with Gasteiger partial charge in [0, 0.05) is 6.07 Å². The highest BCUT2D eigenvalue weighted by Crippen LogP contribution is 2.19. The summed E-state index contributed by atoms with van der Waals surface area (Å²) in [7, 11) is 0. The first-order valence-corrected chi connectivity index (χ1v) is 5.48. The SMILES string of the molecule is O=C(Nc1cncc(Cl)n1)c1ccccc1[N+](=O)[O-]. The molecule has 96 valence electrons. The maximum atomic E-state index is 11.9. The van der Waals surface area contributed by atoms with E-state index in [9.17, 15) is 14.9 Å². The third-order valence-electron chi connectivity index (χ3n) is 2.19. The number of rotatable bonds is 3. The van der Waals surface area contributed by atoms with Crippen LogP contribution in [0.25, 0.3) is 0 Å². The van der Waals surface area contributed by atoms with Crippen molar-refractivity contribution in [2.75, 3.05) is 5.32 Å². The van der Waals surface area contributed by atoms with Gasteiger partial charge in [-0.15, -0.1) is 0 Å². The van der Waals surface area contributed by atoms with E-state index >= 15 is 0 Å². The van der Waals surface area contributed by atoms with Gasteiger partial charge in [0.25, 0.3) is 11.6 Å². The minimum atomic E-state index is -0.649. The molecule has 8 heteroatoms. The van der Waals surface area contributed by atoms with Gasteiger partial charge in [-0.05, 0) is 6.07 Å². The van der Waals surface area contributed by atoms with Crippen LogP contribution in [0.1, 0.15) is 10.4 Å². The molecule has 0 aliphatic rings. The Bertz CT molecular complexity index is 647. The fraction of sp³-hybridized carbons (Fsp3) is 0. The normalized spacial score (nSPS) is 9.95. The summed E-state index contributed by atoms with van der Waals surface area (Å²) >= 11 is 5.62. The fourth-order valence-corrected chi connectivity index (χ4v) is 1.56. The summed E-state index contributed by atoms with van der Waals surface area (Å²) < 4.78 is 0. The zero-order chi connectivity index (χ0) is 13.8. The highest BCUT2D eigenvalue weighted by molar-refractivity contribution is 6.29. The van der Waals surface area contributed by atoms with Gasteiger partial charge in [0.1, 0.15) is 10.7 Å². The Labute approximate surface area is 112 Å². The lowest BCUT2D eigenvalue weighted by Crippen LogP contribution is -2.14. The minimum absolute atomic E-state index is 0.0609. The van der Waals surface area contributed by atoms with Gasteiger partial charge in [-0.25, -0.2) is 4.98 Å². The van der Waals surface area contributed by atoms with Crippen molar-refractivity contribution in [2.24, 2.45) is 0 Å². The third kappa shape index (κ3) is 3.02. The fourth-order valence-electron chi connectivity index (χ4n) is 1.41. The van der Waals surface area contributed by atoms with E-state index in [1.807, 2.05) is 0 Å². The molecule has 7 nitrogen and oxygen atoms in total. The number of aromatic nitrogens is 2. The van der Waals surface area contributed by atoms with Gasteiger partial charge in [-0.2, -0.15) is 0 Å². The van der Waals surface area contributed by atoms with Crippen LogP contribution >= 0.6 is 11.6 Å². The number of nitro groups is 1. The number of amides is 1. The molecule has 19 heavy (non-hydrogen) atoms. The first-order chi connectivity index (χ1) is 9.08. The topological polar surface area (TPSA) is 98.0 Å². The molecule has 0 saturated carbocycles. The van der Waals surface area contributed by atoms with E-state index in [4.69, 9.17) is 11.6 Å². The van der Waals surface area contributed by atoms with Crippen molar-refractivity contribution in [2.45, 2.75) is 0 Å². The number of nitro benzene ring substituents is 1. The van der Waals surface area contributed by atoms with Gasteiger partial charge in [-0.1, -0.05) is 23.7 Å². The highest BCUT2D eigenvalue weighted by Gasteiger charge is 2.19. The lowest BCUT2D eigenvalue weighted by atomic mass is 10.1. The molecule has 2 aromatic rings. The summed E-state index contributed by atoms with van der Waals surface area (Å²) in [5.74, 6) is -0.528. The summed E-state index contributed by atoms with van der Waals surface area (Å²) in [6.45, 7) is 0. The van der Waals surface area contributed by atoms with Crippen LogP contribution in [0.15, 0.2) is 36.7 Å². The standard InChI is InChI=1S/C11H7ClN4O3/c12-9-5-13-6-10(14-9)15-11(17)7-3-1-2-4-8(7)16(18)19/h1-6H,(H,14,15,17). The first kappa shape index (κ1) is 12.9. The molecule has 0 radical (unpaired) electrons.